The molecule has 0 aromatic carbocycles. The van der Waals surface area contributed by atoms with Gasteiger partial charge in [-0.3, -0.25) is 24.5 Å². The number of hydrogen-bond acceptors (Lipinski definition) is 6. The Morgan fingerprint density at radius 3 is 2.17 bits per heavy atom. The summed E-state index contributed by atoms with van der Waals surface area (Å²) in [6.07, 6.45) is 5.67. The van der Waals surface area contributed by atoms with Crippen molar-refractivity contribution >= 4 is 11.9 Å². The molecule has 156 valence electrons. The molecule has 0 spiro atoms. The molecular formula is C21H29N5O3. The first kappa shape index (κ1) is 22.4. The van der Waals surface area contributed by atoms with Crippen molar-refractivity contribution in [1.29, 1.82) is 0 Å². The summed E-state index contributed by atoms with van der Waals surface area (Å²) in [7, 11) is 0. The van der Waals surface area contributed by atoms with Crippen LogP contribution in [-0.2, 0) is 22.7 Å². The maximum Gasteiger partial charge on any atom is 0.320 e. The number of aliphatic carboxylic acids is 1. The zero-order valence-corrected chi connectivity index (χ0v) is 16.5. The molecule has 0 aliphatic heterocycles. The fraction of sp³-hybridized carbons (Fsp3) is 0.429. The van der Waals surface area contributed by atoms with E-state index in [1.807, 2.05) is 36.4 Å². The van der Waals surface area contributed by atoms with Crippen LogP contribution in [0.5, 0.6) is 0 Å². The van der Waals surface area contributed by atoms with Crippen molar-refractivity contribution in [3.63, 3.8) is 0 Å². The SMILES string of the molecule is N[C@@H](CCCCNC(=O)CCN(Cc1ccccn1)Cc1ccccn1)C(=O)O. The molecule has 0 saturated heterocycles. The van der Waals surface area contributed by atoms with Gasteiger partial charge in [0, 0.05) is 45.0 Å². The third kappa shape index (κ3) is 9.27. The Bertz CT molecular complexity index is 701. The zero-order valence-electron chi connectivity index (χ0n) is 16.5. The van der Waals surface area contributed by atoms with Crippen LogP contribution in [0.25, 0.3) is 0 Å². The number of carbonyl (C=O) groups is 2. The quantitative estimate of drug-likeness (QED) is 0.437. The first-order chi connectivity index (χ1) is 14.0. The normalized spacial score (nSPS) is 11.9. The van der Waals surface area contributed by atoms with Crippen molar-refractivity contribution in [1.82, 2.24) is 20.2 Å². The topological polar surface area (TPSA) is 121 Å². The lowest BCUT2D eigenvalue weighted by atomic mass is 10.1. The molecule has 1 amide bonds. The zero-order chi connectivity index (χ0) is 20.9. The van der Waals surface area contributed by atoms with Crippen LogP contribution >= 0.6 is 0 Å². The van der Waals surface area contributed by atoms with E-state index < -0.39 is 12.0 Å². The number of carboxylic acids is 1. The van der Waals surface area contributed by atoms with Crippen molar-refractivity contribution in [2.24, 2.45) is 5.73 Å². The number of pyridine rings is 2. The van der Waals surface area contributed by atoms with E-state index in [1.165, 1.54) is 0 Å². The number of nitrogens with one attached hydrogen (secondary N) is 1. The molecule has 0 aliphatic rings. The molecule has 1 atom stereocenters. The van der Waals surface area contributed by atoms with Gasteiger partial charge in [0.25, 0.3) is 0 Å². The van der Waals surface area contributed by atoms with Gasteiger partial charge in [-0.05, 0) is 43.5 Å². The molecular weight excluding hydrogens is 370 g/mol. The first-order valence-corrected chi connectivity index (χ1v) is 9.82. The number of aromatic nitrogens is 2. The number of unbranched alkanes of at least 4 members (excludes halogenated alkanes) is 1. The highest BCUT2D eigenvalue weighted by Gasteiger charge is 2.12. The minimum Gasteiger partial charge on any atom is -0.480 e. The lowest BCUT2D eigenvalue weighted by Gasteiger charge is -2.21. The predicted molar refractivity (Wildman–Crippen MR) is 110 cm³/mol. The van der Waals surface area contributed by atoms with Gasteiger partial charge in [0.1, 0.15) is 6.04 Å². The maximum atomic E-state index is 12.2. The van der Waals surface area contributed by atoms with Crippen LogP contribution in [0, 0.1) is 0 Å². The number of nitrogens with two attached hydrogens (primary N) is 1. The number of carboxylic acid groups (broad SMARTS) is 1. The molecule has 29 heavy (non-hydrogen) atoms. The Hall–Kier alpha value is -2.84. The number of amides is 1. The fourth-order valence-electron chi connectivity index (χ4n) is 2.84. The van der Waals surface area contributed by atoms with Crippen molar-refractivity contribution < 1.29 is 14.7 Å². The van der Waals surface area contributed by atoms with E-state index in [2.05, 4.69) is 20.2 Å². The Kier molecular flexibility index (Phi) is 9.74. The minimum absolute atomic E-state index is 0.0282. The van der Waals surface area contributed by atoms with Gasteiger partial charge < -0.3 is 16.2 Å². The van der Waals surface area contributed by atoms with E-state index in [0.29, 0.717) is 51.9 Å². The third-order valence-corrected chi connectivity index (χ3v) is 4.46. The second-order valence-electron chi connectivity index (χ2n) is 6.89. The number of nitrogens with zero attached hydrogens (tertiary/aromatic N) is 3. The summed E-state index contributed by atoms with van der Waals surface area (Å²) in [5.41, 5.74) is 7.35. The summed E-state index contributed by atoms with van der Waals surface area (Å²) in [5, 5.41) is 11.6. The Morgan fingerprint density at radius 1 is 1.03 bits per heavy atom. The summed E-state index contributed by atoms with van der Waals surface area (Å²) in [4.78, 5) is 33.7. The summed E-state index contributed by atoms with van der Waals surface area (Å²) in [6.45, 7) is 2.38. The molecule has 0 radical (unpaired) electrons. The predicted octanol–water partition coefficient (Wildman–Crippen LogP) is 1.57. The van der Waals surface area contributed by atoms with E-state index in [1.54, 1.807) is 12.4 Å². The van der Waals surface area contributed by atoms with Gasteiger partial charge in [-0.15, -0.1) is 0 Å². The first-order valence-electron chi connectivity index (χ1n) is 9.82. The van der Waals surface area contributed by atoms with E-state index >= 15 is 0 Å². The van der Waals surface area contributed by atoms with Crippen LogP contribution in [0.2, 0.25) is 0 Å². The Morgan fingerprint density at radius 2 is 1.66 bits per heavy atom. The molecule has 0 aliphatic carbocycles. The highest BCUT2D eigenvalue weighted by molar-refractivity contribution is 5.76. The van der Waals surface area contributed by atoms with Gasteiger partial charge in [-0.25, -0.2) is 0 Å². The second kappa shape index (κ2) is 12.6. The number of rotatable bonds is 13. The van der Waals surface area contributed by atoms with Crippen molar-refractivity contribution in [3.8, 4) is 0 Å². The summed E-state index contributed by atoms with van der Waals surface area (Å²) < 4.78 is 0. The second-order valence-corrected chi connectivity index (χ2v) is 6.89. The summed E-state index contributed by atoms with van der Waals surface area (Å²) >= 11 is 0. The van der Waals surface area contributed by atoms with Gasteiger partial charge in [0.2, 0.25) is 5.91 Å². The van der Waals surface area contributed by atoms with Gasteiger partial charge in [0.15, 0.2) is 0 Å². The summed E-state index contributed by atoms with van der Waals surface area (Å²) in [6, 6.07) is 10.7. The van der Waals surface area contributed by atoms with Gasteiger partial charge in [-0.1, -0.05) is 12.1 Å². The molecule has 2 heterocycles. The molecule has 0 unspecified atom stereocenters. The van der Waals surface area contributed by atoms with Crippen molar-refractivity contribution in [2.45, 2.75) is 44.8 Å². The minimum atomic E-state index is -0.991. The highest BCUT2D eigenvalue weighted by Crippen LogP contribution is 2.07. The number of hydrogen-bond donors (Lipinski definition) is 3. The Labute approximate surface area is 171 Å². The standard InChI is InChI=1S/C21H29N5O3/c22-19(21(28)29)9-3-6-13-25-20(27)10-14-26(15-17-7-1-4-11-23-17)16-18-8-2-5-12-24-18/h1-2,4-5,7-8,11-12,19H,3,6,9-10,13-16,22H2,(H,25,27)(H,28,29)/t19-/m0/s1. The highest BCUT2D eigenvalue weighted by atomic mass is 16.4. The van der Waals surface area contributed by atoms with Gasteiger partial charge >= 0.3 is 5.97 Å². The third-order valence-electron chi connectivity index (χ3n) is 4.46. The van der Waals surface area contributed by atoms with E-state index in [-0.39, 0.29) is 5.91 Å². The molecule has 8 heteroatoms. The maximum absolute atomic E-state index is 12.2. The lowest BCUT2D eigenvalue weighted by Crippen LogP contribution is -2.32. The molecule has 0 saturated carbocycles. The Balaban J connectivity index is 1.76. The van der Waals surface area contributed by atoms with Crippen LogP contribution in [0.3, 0.4) is 0 Å². The van der Waals surface area contributed by atoms with Crippen molar-refractivity contribution in [2.75, 3.05) is 13.1 Å². The van der Waals surface area contributed by atoms with Crippen LogP contribution in [0.15, 0.2) is 48.8 Å². The lowest BCUT2D eigenvalue weighted by molar-refractivity contribution is -0.138. The van der Waals surface area contributed by atoms with Crippen LogP contribution in [-0.4, -0.2) is 51.0 Å². The van der Waals surface area contributed by atoms with E-state index in [9.17, 15) is 9.59 Å². The largest absolute Gasteiger partial charge is 0.480 e. The van der Waals surface area contributed by atoms with Gasteiger partial charge in [0.05, 0.1) is 11.4 Å². The summed E-state index contributed by atoms with van der Waals surface area (Å²) in [5.74, 6) is -1.02. The molecule has 0 fully saturated rings. The molecule has 4 N–H and O–H groups in total. The monoisotopic (exact) mass is 399 g/mol. The van der Waals surface area contributed by atoms with Crippen LogP contribution in [0.1, 0.15) is 37.1 Å². The van der Waals surface area contributed by atoms with E-state index in [4.69, 9.17) is 10.8 Å². The number of carbonyl (C=O) groups excluding carboxylic acids is 1. The smallest absolute Gasteiger partial charge is 0.320 e. The van der Waals surface area contributed by atoms with Crippen molar-refractivity contribution in [3.05, 3.63) is 60.2 Å². The molecule has 8 nitrogen and oxygen atoms in total. The molecule has 2 rings (SSSR count). The fourth-order valence-corrected chi connectivity index (χ4v) is 2.84. The molecule has 0 bridgehead atoms. The van der Waals surface area contributed by atoms with Gasteiger partial charge in [-0.2, -0.15) is 0 Å². The van der Waals surface area contributed by atoms with E-state index in [0.717, 1.165) is 11.4 Å². The van der Waals surface area contributed by atoms with Crippen LogP contribution < -0.4 is 11.1 Å². The molecule has 2 aromatic heterocycles. The average molecular weight is 399 g/mol. The van der Waals surface area contributed by atoms with Crippen LogP contribution in [0.4, 0.5) is 0 Å². The molecule has 2 aromatic rings. The average Bonchev–Trinajstić information content (AvgIpc) is 2.73.